The Balaban J connectivity index is 1.69. The van der Waals surface area contributed by atoms with Crippen LogP contribution in [0.3, 0.4) is 0 Å². The van der Waals surface area contributed by atoms with Crippen molar-refractivity contribution in [3.05, 3.63) is 29.8 Å². The number of morpholine rings is 1. The van der Waals surface area contributed by atoms with Crippen molar-refractivity contribution in [2.24, 2.45) is 11.7 Å². The zero-order chi connectivity index (χ0) is 17.8. The molecule has 2 fully saturated rings. The fourth-order valence-corrected chi connectivity index (χ4v) is 3.32. The normalized spacial score (nSPS) is 24.1. The Morgan fingerprint density at radius 3 is 2.60 bits per heavy atom. The van der Waals surface area contributed by atoms with Crippen LogP contribution in [0.5, 0.6) is 0 Å². The summed E-state index contributed by atoms with van der Waals surface area (Å²) in [7, 11) is 0. The Labute approximate surface area is 147 Å². The van der Waals surface area contributed by atoms with E-state index in [1.165, 1.54) is 0 Å². The molecule has 2 amide bonds. The molecule has 1 aromatic carbocycles. The van der Waals surface area contributed by atoms with Crippen LogP contribution >= 0.6 is 0 Å². The highest BCUT2D eigenvalue weighted by molar-refractivity contribution is 5.93. The van der Waals surface area contributed by atoms with Crippen molar-refractivity contribution >= 4 is 17.5 Å². The molecule has 0 aromatic heterocycles. The van der Waals surface area contributed by atoms with Crippen molar-refractivity contribution in [2.45, 2.75) is 31.4 Å². The first-order chi connectivity index (χ1) is 12.1. The standard InChI is InChI=1S/C18H25N3O4/c19-8-9-21-15(10-22)17(25-11-16(21)23)12-4-6-14(7-5-12)20-18(24)13-2-1-3-13/h4-7,13,15,17,22H,1-3,8-11,19H2,(H,20,24). The molecule has 136 valence electrons. The number of aliphatic hydroxyl groups is 1. The van der Waals surface area contributed by atoms with Crippen molar-refractivity contribution in [3.63, 3.8) is 0 Å². The molecule has 4 N–H and O–H groups in total. The van der Waals surface area contributed by atoms with Gasteiger partial charge in [-0.05, 0) is 30.5 Å². The fraction of sp³-hybridized carbons (Fsp3) is 0.556. The van der Waals surface area contributed by atoms with Crippen LogP contribution in [0.15, 0.2) is 24.3 Å². The lowest BCUT2D eigenvalue weighted by Crippen LogP contribution is -2.54. The maximum atomic E-state index is 12.0. The van der Waals surface area contributed by atoms with Crippen LogP contribution in [0.1, 0.15) is 30.9 Å². The molecule has 25 heavy (non-hydrogen) atoms. The summed E-state index contributed by atoms with van der Waals surface area (Å²) in [5.41, 5.74) is 7.17. The highest BCUT2D eigenvalue weighted by Crippen LogP contribution is 2.31. The lowest BCUT2D eigenvalue weighted by atomic mass is 9.85. The molecule has 0 bridgehead atoms. The van der Waals surface area contributed by atoms with Crippen molar-refractivity contribution < 1.29 is 19.4 Å². The number of rotatable bonds is 6. The minimum Gasteiger partial charge on any atom is -0.394 e. The van der Waals surface area contributed by atoms with E-state index in [1.807, 2.05) is 24.3 Å². The van der Waals surface area contributed by atoms with Crippen molar-refractivity contribution in [3.8, 4) is 0 Å². The zero-order valence-electron chi connectivity index (χ0n) is 14.2. The Morgan fingerprint density at radius 1 is 1.32 bits per heavy atom. The summed E-state index contributed by atoms with van der Waals surface area (Å²) in [6.07, 6.45) is 2.63. The molecule has 1 aliphatic carbocycles. The number of hydrogen-bond acceptors (Lipinski definition) is 5. The summed E-state index contributed by atoms with van der Waals surface area (Å²) in [4.78, 5) is 25.6. The number of nitrogens with two attached hydrogens (primary N) is 1. The van der Waals surface area contributed by atoms with Crippen LogP contribution < -0.4 is 11.1 Å². The van der Waals surface area contributed by atoms with Crippen LogP contribution in [0.2, 0.25) is 0 Å². The molecule has 0 spiro atoms. The molecule has 1 saturated heterocycles. The third kappa shape index (κ3) is 3.84. The lowest BCUT2D eigenvalue weighted by Gasteiger charge is -2.40. The summed E-state index contributed by atoms with van der Waals surface area (Å²) in [5.74, 6) is 0.0435. The molecule has 2 atom stereocenters. The van der Waals surface area contributed by atoms with Gasteiger partial charge in [0.05, 0.1) is 12.6 Å². The molecule has 3 rings (SSSR count). The van der Waals surface area contributed by atoms with Gasteiger partial charge in [0, 0.05) is 24.7 Å². The van der Waals surface area contributed by atoms with Crippen LogP contribution in [-0.4, -0.2) is 54.2 Å². The molecule has 2 unspecified atom stereocenters. The maximum absolute atomic E-state index is 12.0. The first-order valence-corrected chi connectivity index (χ1v) is 8.77. The highest BCUT2D eigenvalue weighted by Gasteiger charge is 2.36. The van der Waals surface area contributed by atoms with E-state index in [0.717, 1.165) is 30.5 Å². The highest BCUT2D eigenvalue weighted by atomic mass is 16.5. The van der Waals surface area contributed by atoms with Crippen LogP contribution in [0.25, 0.3) is 0 Å². The van der Waals surface area contributed by atoms with E-state index in [9.17, 15) is 14.7 Å². The lowest BCUT2D eigenvalue weighted by molar-refractivity contribution is -0.160. The Hall–Kier alpha value is -1.96. The van der Waals surface area contributed by atoms with E-state index in [2.05, 4.69) is 5.32 Å². The second kappa shape index (κ2) is 7.95. The Bertz CT molecular complexity index is 615. The number of amides is 2. The number of hydrogen-bond donors (Lipinski definition) is 3. The first-order valence-electron chi connectivity index (χ1n) is 8.77. The number of carbonyl (C=O) groups is 2. The Kier molecular flexibility index (Phi) is 5.67. The molecule has 1 aromatic rings. The average Bonchev–Trinajstić information content (AvgIpc) is 2.56. The van der Waals surface area contributed by atoms with Crippen molar-refractivity contribution in [1.29, 1.82) is 0 Å². The smallest absolute Gasteiger partial charge is 0.249 e. The van der Waals surface area contributed by atoms with Gasteiger partial charge in [-0.2, -0.15) is 0 Å². The molecular formula is C18H25N3O4. The predicted molar refractivity (Wildman–Crippen MR) is 92.7 cm³/mol. The minimum absolute atomic E-state index is 0.0265. The first kappa shape index (κ1) is 17.8. The van der Waals surface area contributed by atoms with Crippen molar-refractivity contribution in [2.75, 3.05) is 31.6 Å². The third-order valence-electron chi connectivity index (χ3n) is 5.00. The van der Waals surface area contributed by atoms with E-state index in [-0.39, 0.29) is 30.9 Å². The van der Waals surface area contributed by atoms with Crippen LogP contribution in [0.4, 0.5) is 5.69 Å². The summed E-state index contributed by atoms with van der Waals surface area (Å²) >= 11 is 0. The number of ether oxygens (including phenoxy) is 1. The number of carbonyl (C=O) groups excluding carboxylic acids is 2. The molecule has 1 saturated carbocycles. The number of aliphatic hydroxyl groups excluding tert-OH is 1. The average molecular weight is 347 g/mol. The monoisotopic (exact) mass is 347 g/mol. The van der Waals surface area contributed by atoms with E-state index >= 15 is 0 Å². The quantitative estimate of drug-likeness (QED) is 0.701. The molecule has 7 heteroatoms. The largest absolute Gasteiger partial charge is 0.394 e. The molecule has 1 aliphatic heterocycles. The zero-order valence-corrected chi connectivity index (χ0v) is 14.2. The summed E-state index contributed by atoms with van der Waals surface area (Å²) < 4.78 is 5.66. The van der Waals surface area contributed by atoms with Gasteiger partial charge in [0.15, 0.2) is 0 Å². The van der Waals surface area contributed by atoms with Gasteiger partial charge in [-0.3, -0.25) is 9.59 Å². The van der Waals surface area contributed by atoms with Gasteiger partial charge in [-0.15, -0.1) is 0 Å². The van der Waals surface area contributed by atoms with E-state index < -0.39 is 12.1 Å². The van der Waals surface area contributed by atoms with Gasteiger partial charge in [-0.25, -0.2) is 0 Å². The van der Waals surface area contributed by atoms with Gasteiger partial charge < -0.3 is 25.8 Å². The topological polar surface area (TPSA) is 105 Å². The molecule has 7 nitrogen and oxygen atoms in total. The minimum atomic E-state index is -0.458. The van der Waals surface area contributed by atoms with Gasteiger partial charge >= 0.3 is 0 Å². The molecular weight excluding hydrogens is 322 g/mol. The number of anilines is 1. The number of benzene rings is 1. The summed E-state index contributed by atoms with van der Waals surface area (Å²) in [6.45, 7) is 0.498. The van der Waals surface area contributed by atoms with E-state index in [4.69, 9.17) is 10.5 Å². The number of nitrogens with one attached hydrogen (secondary N) is 1. The fourth-order valence-electron chi connectivity index (χ4n) is 3.32. The van der Waals surface area contributed by atoms with Gasteiger partial charge in [0.25, 0.3) is 0 Å². The van der Waals surface area contributed by atoms with Crippen molar-refractivity contribution in [1.82, 2.24) is 4.90 Å². The summed E-state index contributed by atoms with van der Waals surface area (Å²) in [6, 6.07) is 6.92. The van der Waals surface area contributed by atoms with Gasteiger partial charge in [0.2, 0.25) is 11.8 Å². The predicted octanol–water partition coefficient (Wildman–Crippen LogP) is 0.645. The molecule has 2 aliphatic rings. The molecule has 0 radical (unpaired) electrons. The second-order valence-electron chi connectivity index (χ2n) is 6.60. The van der Waals surface area contributed by atoms with Crippen LogP contribution in [0, 0.1) is 5.92 Å². The summed E-state index contributed by atoms with van der Waals surface area (Å²) in [5, 5.41) is 12.7. The van der Waals surface area contributed by atoms with Crippen LogP contribution in [-0.2, 0) is 14.3 Å². The second-order valence-corrected chi connectivity index (χ2v) is 6.60. The third-order valence-corrected chi connectivity index (χ3v) is 5.00. The molecule has 1 heterocycles. The van der Waals surface area contributed by atoms with Gasteiger partial charge in [0.1, 0.15) is 12.7 Å². The Morgan fingerprint density at radius 2 is 2.04 bits per heavy atom. The van der Waals surface area contributed by atoms with E-state index in [0.29, 0.717) is 13.1 Å². The van der Waals surface area contributed by atoms with E-state index in [1.54, 1.807) is 4.90 Å². The number of nitrogens with zero attached hydrogens (tertiary/aromatic N) is 1. The van der Waals surface area contributed by atoms with Gasteiger partial charge in [-0.1, -0.05) is 18.6 Å². The maximum Gasteiger partial charge on any atom is 0.249 e. The SMILES string of the molecule is NCCN1C(=O)COC(c2ccc(NC(=O)C3CCC3)cc2)C1CO.